The minimum absolute atomic E-state index is 0.0281. The summed E-state index contributed by atoms with van der Waals surface area (Å²) < 4.78 is 0. The number of nitrogens with zero attached hydrogens (tertiary/aromatic N) is 2. The maximum atomic E-state index is 12.1. The monoisotopic (exact) mass is 873 g/mol. The summed E-state index contributed by atoms with van der Waals surface area (Å²) >= 11 is 0. The van der Waals surface area contributed by atoms with Crippen molar-refractivity contribution in [2.75, 3.05) is 4.90 Å². The average molecular weight is 873 g/mol. The van der Waals surface area contributed by atoms with E-state index in [1.54, 1.807) is 0 Å². The molecule has 0 radical (unpaired) electrons. The number of benzene rings is 5. The molecule has 1 fully saturated rings. The van der Waals surface area contributed by atoms with E-state index in [1.807, 2.05) is 12.1 Å². The second-order valence-corrected chi connectivity index (χ2v) is 20.4. The van der Waals surface area contributed by atoms with Crippen LogP contribution in [-0.4, -0.2) is 11.1 Å². The smallest absolute Gasteiger partial charge is 0.346 e. The molecule has 2 unspecified atom stereocenters. The van der Waals surface area contributed by atoms with Crippen molar-refractivity contribution in [1.82, 2.24) is 0 Å². The van der Waals surface area contributed by atoms with Crippen LogP contribution >= 0.6 is 0 Å². The van der Waals surface area contributed by atoms with Gasteiger partial charge in [0.2, 0.25) is 0 Å². The van der Waals surface area contributed by atoms with Gasteiger partial charge >= 0.3 is 5.97 Å². The summed E-state index contributed by atoms with van der Waals surface area (Å²) in [6.07, 6.45) is 21.2. The number of rotatable bonds is 18. The van der Waals surface area contributed by atoms with Gasteiger partial charge in [0.15, 0.2) is 0 Å². The van der Waals surface area contributed by atoms with Gasteiger partial charge in [0.1, 0.15) is 11.6 Å². The minimum atomic E-state index is -1.14. The number of fused-ring (bicyclic) bond motifs is 7. The summed E-state index contributed by atoms with van der Waals surface area (Å²) in [5.74, 6) is -0.731. The summed E-state index contributed by atoms with van der Waals surface area (Å²) in [7, 11) is 0. The first kappa shape index (κ1) is 45.2. The Kier molecular flexibility index (Phi) is 12.6. The third kappa shape index (κ3) is 7.48. The lowest BCUT2D eigenvalue weighted by Crippen LogP contribution is -2.49. The van der Waals surface area contributed by atoms with E-state index in [-0.39, 0.29) is 27.7 Å². The zero-order valence-electron chi connectivity index (χ0n) is 40.2. The van der Waals surface area contributed by atoms with Gasteiger partial charge in [-0.05, 0) is 147 Å². The molecule has 4 nitrogen and oxygen atoms in total. The number of hydrogen-bond donors (Lipinski definition) is 1. The van der Waals surface area contributed by atoms with E-state index in [1.165, 1.54) is 107 Å². The van der Waals surface area contributed by atoms with Crippen molar-refractivity contribution < 1.29 is 9.90 Å². The van der Waals surface area contributed by atoms with E-state index in [9.17, 15) is 15.2 Å². The van der Waals surface area contributed by atoms with E-state index < -0.39 is 5.97 Å². The highest BCUT2D eigenvalue weighted by Crippen LogP contribution is 2.62. The lowest BCUT2D eigenvalue weighted by molar-refractivity contribution is -0.132. The van der Waals surface area contributed by atoms with Crippen LogP contribution in [0.15, 0.2) is 138 Å². The first-order chi connectivity index (χ1) is 32.1. The van der Waals surface area contributed by atoms with Gasteiger partial charge in [0.05, 0.1) is 0 Å². The summed E-state index contributed by atoms with van der Waals surface area (Å²) in [5, 5.41) is 19.7. The second-order valence-electron chi connectivity index (χ2n) is 20.4. The first-order valence-electron chi connectivity index (χ1n) is 25.2. The van der Waals surface area contributed by atoms with Crippen molar-refractivity contribution in [1.29, 1.82) is 5.26 Å². The fourth-order valence-corrected chi connectivity index (χ4v) is 12.8. The highest BCUT2D eigenvalue weighted by atomic mass is 16.4. The molecule has 0 heterocycles. The molecule has 5 aromatic carbocycles. The molecule has 0 spiro atoms. The number of hydrogen-bond acceptors (Lipinski definition) is 3. The SMILES string of the molecule is CCCCC1(CCCC)c2ccccc2-c2ccc(N(c3ccc(C=CC4=CC(=C(C#N)C(=O)O)C5CC4C5(C)C)cc3)c3ccc4c(c3)C(CCCC)(CCCC)c3ccccc3-4)cc21. The molecule has 338 valence electrons. The molecule has 1 saturated carbocycles. The van der Waals surface area contributed by atoms with Crippen LogP contribution in [0.25, 0.3) is 28.3 Å². The zero-order chi connectivity index (χ0) is 46.2. The Morgan fingerprint density at radius 3 is 1.52 bits per heavy atom. The summed E-state index contributed by atoms with van der Waals surface area (Å²) in [6, 6.07) is 44.1. The molecule has 1 N–H and O–H groups in total. The lowest BCUT2D eigenvalue weighted by atomic mass is 9.47. The van der Waals surface area contributed by atoms with Crippen molar-refractivity contribution in [2.45, 2.75) is 136 Å². The van der Waals surface area contributed by atoms with Crippen LogP contribution in [0.5, 0.6) is 0 Å². The molecule has 66 heavy (non-hydrogen) atoms. The van der Waals surface area contributed by atoms with E-state index in [0.717, 1.165) is 48.9 Å². The highest BCUT2D eigenvalue weighted by molar-refractivity contribution is 5.93. The molecule has 0 amide bonds. The number of unbranched alkanes of at least 4 members (excludes halogenated alkanes) is 4. The van der Waals surface area contributed by atoms with E-state index in [4.69, 9.17) is 0 Å². The van der Waals surface area contributed by atoms with Crippen LogP contribution in [0.1, 0.15) is 153 Å². The van der Waals surface area contributed by atoms with Crippen LogP contribution in [0.3, 0.4) is 0 Å². The summed E-state index contributed by atoms with van der Waals surface area (Å²) in [4.78, 5) is 14.6. The van der Waals surface area contributed by atoms with Crippen molar-refractivity contribution in [2.24, 2.45) is 17.3 Å². The predicted molar refractivity (Wildman–Crippen MR) is 274 cm³/mol. The number of nitriles is 1. The first-order valence-corrected chi connectivity index (χ1v) is 25.2. The van der Waals surface area contributed by atoms with Gasteiger partial charge in [0, 0.05) is 27.9 Å². The molecule has 2 atom stereocenters. The molecule has 0 saturated heterocycles. The maximum Gasteiger partial charge on any atom is 0.346 e. The number of aliphatic carboxylic acids is 1. The number of carboxylic acids is 1. The van der Waals surface area contributed by atoms with Crippen LogP contribution in [0, 0.1) is 28.6 Å². The molecule has 10 rings (SSSR count). The number of carboxylic acid groups (broad SMARTS) is 1. The van der Waals surface area contributed by atoms with Gasteiger partial charge in [-0.2, -0.15) is 5.26 Å². The normalized spacial score (nSPS) is 19.5. The van der Waals surface area contributed by atoms with Crippen molar-refractivity contribution in [3.63, 3.8) is 0 Å². The molecule has 4 heteroatoms. The molecule has 0 aromatic heterocycles. The van der Waals surface area contributed by atoms with Crippen molar-refractivity contribution in [3.8, 4) is 28.3 Å². The van der Waals surface area contributed by atoms with Crippen LogP contribution < -0.4 is 4.90 Å². The van der Waals surface area contributed by atoms with Crippen molar-refractivity contribution >= 4 is 29.1 Å². The van der Waals surface area contributed by atoms with E-state index >= 15 is 0 Å². The number of allylic oxidation sites excluding steroid dienone is 4. The van der Waals surface area contributed by atoms with Crippen LogP contribution in [0.2, 0.25) is 0 Å². The molecular formula is C62H68N2O2. The molecule has 5 aliphatic rings. The Labute approximate surface area is 394 Å². The predicted octanol–water partition coefficient (Wildman–Crippen LogP) is 17.0. The maximum absolute atomic E-state index is 12.1. The third-order valence-corrected chi connectivity index (χ3v) is 16.4. The molecule has 5 aliphatic carbocycles. The fraction of sp³-hybridized carbons (Fsp3) is 0.387. The van der Waals surface area contributed by atoms with Crippen LogP contribution in [-0.2, 0) is 15.6 Å². The molecule has 0 aliphatic heterocycles. The van der Waals surface area contributed by atoms with Gasteiger partial charge < -0.3 is 10.0 Å². The van der Waals surface area contributed by atoms with Gasteiger partial charge in [0.25, 0.3) is 0 Å². The number of carbonyl (C=O) groups is 1. The van der Waals surface area contributed by atoms with Crippen LogP contribution in [0.4, 0.5) is 17.1 Å². The Morgan fingerprint density at radius 2 is 1.08 bits per heavy atom. The fourth-order valence-electron chi connectivity index (χ4n) is 12.8. The zero-order valence-corrected chi connectivity index (χ0v) is 40.2. The van der Waals surface area contributed by atoms with Gasteiger partial charge in [-0.1, -0.05) is 184 Å². The van der Waals surface area contributed by atoms with Gasteiger partial charge in [-0.15, -0.1) is 0 Å². The van der Waals surface area contributed by atoms with Gasteiger partial charge in [-0.3, -0.25) is 0 Å². The molecule has 5 aromatic rings. The topological polar surface area (TPSA) is 64.3 Å². The summed E-state index contributed by atoms with van der Waals surface area (Å²) in [6.45, 7) is 13.7. The lowest BCUT2D eigenvalue weighted by Gasteiger charge is -2.57. The van der Waals surface area contributed by atoms with E-state index in [2.05, 4.69) is 168 Å². The van der Waals surface area contributed by atoms with E-state index in [0.29, 0.717) is 11.5 Å². The quantitative estimate of drug-likeness (QED) is 0.0704. The van der Waals surface area contributed by atoms with Crippen molar-refractivity contribution in [3.05, 3.63) is 166 Å². The standard InChI is InChI=1S/C62H68N2O2/c1-7-11-33-61(34-12-8-2)53-21-17-15-19-47(53)49-31-29-45(38-57(49)61)64(46-30-32-50-48-20-16-18-22-54(48)62(35-13-9-3,36-14-10-4)58(50)39-46)44-27-24-42(25-28-44)23-26-43-37-51(52(41-63)59(65)66)56-40-55(43)60(56,5)6/h15-32,37-39,55-56H,7-14,33-36,40H2,1-6H3,(H,65,66). The Bertz CT molecular complexity index is 2640. The Morgan fingerprint density at radius 1 is 0.621 bits per heavy atom. The highest BCUT2D eigenvalue weighted by Gasteiger charge is 2.54. The Balaban J connectivity index is 1.18. The largest absolute Gasteiger partial charge is 0.477 e. The molecule has 2 bridgehead atoms. The summed E-state index contributed by atoms with van der Waals surface area (Å²) in [5.41, 5.74) is 17.5. The second kappa shape index (κ2) is 18.4. The average Bonchev–Trinajstić information content (AvgIpc) is 3.77. The Hall–Kier alpha value is -5.92. The minimum Gasteiger partial charge on any atom is -0.477 e. The molecular weight excluding hydrogens is 805 g/mol. The third-order valence-electron chi connectivity index (χ3n) is 16.4. The van der Waals surface area contributed by atoms with Gasteiger partial charge in [-0.25, -0.2) is 4.79 Å². The number of anilines is 3.